The SMILES string of the molecule is Cc1cc([C@H](NS(=O)(=O)c2cn(C)cn2)C(C)C)c(C)s1. The van der Waals surface area contributed by atoms with Gasteiger partial charge in [-0.05, 0) is 31.4 Å². The molecule has 0 saturated carbocycles. The van der Waals surface area contributed by atoms with Crippen LogP contribution in [-0.4, -0.2) is 18.0 Å². The highest BCUT2D eigenvalue weighted by Crippen LogP contribution is 2.31. The van der Waals surface area contributed by atoms with E-state index in [1.54, 1.807) is 23.0 Å². The molecule has 2 aromatic rings. The lowest BCUT2D eigenvalue weighted by molar-refractivity contribution is 0.461. The van der Waals surface area contributed by atoms with Crippen LogP contribution in [0.15, 0.2) is 23.6 Å². The number of rotatable bonds is 5. The summed E-state index contributed by atoms with van der Waals surface area (Å²) in [7, 11) is -1.87. The Morgan fingerprint density at radius 1 is 1.33 bits per heavy atom. The fourth-order valence-corrected chi connectivity index (χ4v) is 4.59. The maximum absolute atomic E-state index is 12.5. The number of nitrogens with one attached hydrogen (secondary N) is 1. The van der Waals surface area contributed by atoms with Crippen LogP contribution in [0, 0.1) is 19.8 Å². The highest BCUT2D eigenvalue weighted by Gasteiger charge is 2.27. The fraction of sp³-hybridized carbons (Fsp3) is 0.500. The third kappa shape index (κ3) is 3.53. The molecule has 5 nitrogen and oxygen atoms in total. The van der Waals surface area contributed by atoms with Crippen molar-refractivity contribution in [3.8, 4) is 0 Å². The van der Waals surface area contributed by atoms with Gasteiger partial charge in [-0.2, -0.15) is 0 Å². The number of imidazole rings is 1. The van der Waals surface area contributed by atoms with E-state index in [-0.39, 0.29) is 17.0 Å². The van der Waals surface area contributed by atoms with Gasteiger partial charge in [-0.25, -0.2) is 18.1 Å². The molecule has 0 aliphatic carbocycles. The largest absolute Gasteiger partial charge is 0.339 e. The summed E-state index contributed by atoms with van der Waals surface area (Å²) in [5.41, 5.74) is 1.05. The topological polar surface area (TPSA) is 64.0 Å². The molecule has 116 valence electrons. The van der Waals surface area contributed by atoms with Crippen molar-refractivity contribution in [1.82, 2.24) is 14.3 Å². The molecule has 0 radical (unpaired) electrons. The van der Waals surface area contributed by atoms with Gasteiger partial charge in [0.15, 0.2) is 5.03 Å². The monoisotopic (exact) mass is 327 g/mol. The van der Waals surface area contributed by atoms with Crippen molar-refractivity contribution in [2.45, 2.75) is 38.8 Å². The molecule has 0 bridgehead atoms. The second-order valence-corrected chi connectivity index (χ2v) is 8.71. The summed E-state index contributed by atoms with van der Waals surface area (Å²) in [5.74, 6) is 0.149. The molecule has 0 aliphatic heterocycles. The Balaban J connectivity index is 2.35. The van der Waals surface area contributed by atoms with Crippen LogP contribution in [0.1, 0.15) is 35.2 Å². The van der Waals surface area contributed by atoms with E-state index in [1.165, 1.54) is 17.4 Å². The highest BCUT2D eigenvalue weighted by molar-refractivity contribution is 7.89. The molecule has 1 N–H and O–H groups in total. The van der Waals surface area contributed by atoms with Crippen LogP contribution < -0.4 is 4.72 Å². The van der Waals surface area contributed by atoms with Gasteiger partial charge in [0.05, 0.1) is 12.4 Å². The van der Waals surface area contributed by atoms with Gasteiger partial charge in [-0.3, -0.25) is 0 Å². The first-order valence-electron chi connectivity index (χ1n) is 6.78. The lowest BCUT2D eigenvalue weighted by Gasteiger charge is -2.22. The number of aromatic nitrogens is 2. The van der Waals surface area contributed by atoms with Crippen molar-refractivity contribution in [3.05, 3.63) is 33.9 Å². The first kappa shape index (κ1) is 16.2. The van der Waals surface area contributed by atoms with Gasteiger partial charge in [-0.15, -0.1) is 11.3 Å². The first-order valence-corrected chi connectivity index (χ1v) is 9.08. The lowest BCUT2D eigenvalue weighted by Crippen LogP contribution is -2.32. The molecule has 21 heavy (non-hydrogen) atoms. The van der Waals surface area contributed by atoms with E-state index in [0.717, 1.165) is 10.4 Å². The van der Waals surface area contributed by atoms with Gasteiger partial charge < -0.3 is 4.57 Å². The predicted molar refractivity (Wildman–Crippen MR) is 84.9 cm³/mol. The Hall–Kier alpha value is -1.18. The Labute approximate surface area is 130 Å². The highest BCUT2D eigenvalue weighted by atomic mass is 32.2. The van der Waals surface area contributed by atoms with Crippen molar-refractivity contribution in [2.24, 2.45) is 13.0 Å². The van der Waals surface area contributed by atoms with Crippen LogP contribution in [-0.2, 0) is 17.1 Å². The van der Waals surface area contributed by atoms with E-state index in [2.05, 4.69) is 15.8 Å². The molecule has 1 atom stereocenters. The van der Waals surface area contributed by atoms with Crippen LogP contribution in [0.4, 0.5) is 0 Å². The summed E-state index contributed by atoms with van der Waals surface area (Å²) in [6.45, 7) is 8.08. The molecule has 0 unspecified atom stereocenters. The number of thiophene rings is 1. The predicted octanol–water partition coefficient (Wildman–Crippen LogP) is 2.77. The van der Waals surface area contributed by atoms with E-state index in [4.69, 9.17) is 0 Å². The molecule has 2 rings (SSSR count). The molecule has 0 aromatic carbocycles. The van der Waals surface area contributed by atoms with Crippen molar-refractivity contribution >= 4 is 21.4 Å². The summed E-state index contributed by atoms with van der Waals surface area (Å²) in [5, 5.41) is 0.0558. The first-order chi connectivity index (χ1) is 9.70. The fourth-order valence-electron chi connectivity index (χ4n) is 2.27. The molecule has 0 spiro atoms. The van der Waals surface area contributed by atoms with E-state index in [1.807, 2.05) is 27.7 Å². The minimum Gasteiger partial charge on any atom is -0.339 e. The molecule has 7 heteroatoms. The van der Waals surface area contributed by atoms with E-state index in [9.17, 15) is 8.42 Å². The zero-order chi connectivity index (χ0) is 15.8. The smallest absolute Gasteiger partial charge is 0.260 e. The van der Waals surface area contributed by atoms with E-state index in [0.29, 0.717) is 0 Å². The van der Waals surface area contributed by atoms with Crippen molar-refractivity contribution in [1.29, 1.82) is 0 Å². The summed E-state index contributed by atoms with van der Waals surface area (Å²) in [6.07, 6.45) is 2.99. The molecule has 2 aromatic heterocycles. The number of aryl methyl sites for hydroxylation is 3. The minimum absolute atomic E-state index is 0.0558. The molecule has 2 heterocycles. The van der Waals surface area contributed by atoms with Gasteiger partial charge >= 0.3 is 0 Å². The Morgan fingerprint density at radius 3 is 2.43 bits per heavy atom. The van der Waals surface area contributed by atoms with Gasteiger partial charge in [0.25, 0.3) is 10.0 Å². The number of hydrogen-bond acceptors (Lipinski definition) is 4. The third-order valence-corrected chi connectivity index (χ3v) is 5.63. The van der Waals surface area contributed by atoms with Crippen LogP contribution in [0.25, 0.3) is 0 Å². The van der Waals surface area contributed by atoms with Gasteiger partial charge in [-0.1, -0.05) is 13.8 Å². The zero-order valence-corrected chi connectivity index (χ0v) is 14.5. The molecular weight excluding hydrogens is 306 g/mol. The zero-order valence-electron chi connectivity index (χ0n) is 12.9. The average molecular weight is 327 g/mol. The maximum atomic E-state index is 12.5. The minimum atomic E-state index is -3.62. The van der Waals surface area contributed by atoms with Gasteiger partial charge in [0, 0.05) is 23.0 Å². The Kier molecular flexibility index (Phi) is 4.55. The second-order valence-electron chi connectivity index (χ2n) is 5.59. The molecule has 0 saturated heterocycles. The second kappa shape index (κ2) is 5.90. The molecular formula is C14H21N3O2S2. The van der Waals surface area contributed by atoms with Crippen molar-refractivity contribution in [2.75, 3.05) is 0 Å². The number of hydrogen-bond donors (Lipinski definition) is 1. The van der Waals surface area contributed by atoms with E-state index >= 15 is 0 Å². The lowest BCUT2D eigenvalue weighted by atomic mass is 9.97. The van der Waals surface area contributed by atoms with E-state index < -0.39 is 10.0 Å². The summed E-state index contributed by atoms with van der Waals surface area (Å²) in [6, 6.07) is 1.81. The molecule has 0 aliphatic rings. The normalized spacial score (nSPS) is 13.8. The number of sulfonamides is 1. The molecule has 0 fully saturated rings. The number of nitrogens with zero attached hydrogens (tertiary/aromatic N) is 2. The van der Waals surface area contributed by atoms with Crippen molar-refractivity contribution in [3.63, 3.8) is 0 Å². The third-order valence-electron chi connectivity index (χ3n) is 3.32. The van der Waals surface area contributed by atoms with Crippen LogP contribution in [0.2, 0.25) is 0 Å². The van der Waals surface area contributed by atoms with Gasteiger partial charge in [0.1, 0.15) is 0 Å². The maximum Gasteiger partial charge on any atom is 0.260 e. The summed E-state index contributed by atoms with van der Waals surface area (Å²) in [4.78, 5) is 6.27. The quantitative estimate of drug-likeness (QED) is 0.918. The van der Waals surface area contributed by atoms with Crippen molar-refractivity contribution < 1.29 is 8.42 Å². The summed E-state index contributed by atoms with van der Waals surface area (Å²) < 4.78 is 29.4. The van der Waals surface area contributed by atoms with Crippen LogP contribution in [0.5, 0.6) is 0 Å². The Morgan fingerprint density at radius 2 is 2.00 bits per heavy atom. The van der Waals surface area contributed by atoms with Gasteiger partial charge in [0.2, 0.25) is 0 Å². The summed E-state index contributed by atoms with van der Waals surface area (Å²) >= 11 is 1.69. The van der Waals surface area contributed by atoms with Crippen LogP contribution in [0.3, 0.4) is 0 Å². The van der Waals surface area contributed by atoms with Crippen LogP contribution >= 0.6 is 11.3 Å². The average Bonchev–Trinajstić information content (AvgIpc) is 2.93. The Bertz CT molecular complexity index is 729. The standard InChI is InChI=1S/C14H21N3O2S2/c1-9(2)14(12-6-10(3)20-11(12)4)16-21(18,19)13-7-17(5)8-15-13/h6-9,14,16H,1-5H3/t14-/m1/s1. The molecule has 0 amide bonds.